The molecule has 0 aliphatic carbocycles. The van der Waals surface area contributed by atoms with Crippen molar-refractivity contribution in [1.82, 2.24) is 0 Å². The summed E-state index contributed by atoms with van der Waals surface area (Å²) in [4.78, 5) is 14.8. The predicted molar refractivity (Wildman–Crippen MR) is 140 cm³/mol. The number of phenolic OH excluding ortho intramolecular Hbond substituents is 1. The van der Waals surface area contributed by atoms with Gasteiger partial charge in [-0.05, 0) is 40.0 Å². The molecule has 0 amide bonds. The van der Waals surface area contributed by atoms with Crippen molar-refractivity contribution >= 4 is 17.9 Å². The average molecular weight is 509 g/mol. The van der Waals surface area contributed by atoms with Gasteiger partial charge in [0.1, 0.15) is 5.75 Å². The molecule has 0 saturated carbocycles. The van der Waals surface area contributed by atoms with Crippen molar-refractivity contribution in [2.24, 2.45) is 4.99 Å². The fourth-order valence-corrected chi connectivity index (χ4v) is 3.14. The molecule has 0 saturated heterocycles. The van der Waals surface area contributed by atoms with Gasteiger partial charge >= 0.3 is 0 Å². The van der Waals surface area contributed by atoms with Crippen molar-refractivity contribution in [1.29, 1.82) is 0 Å². The van der Waals surface area contributed by atoms with Crippen molar-refractivity contribution in [3.8, 4) is 5.75 Å². The summed E-state index contributed by atoms with van der Waals surface area (Å²) < 4.78 is 4.21. The van der Waals surface area contributed by atoms with Crippen molar-refractivity contribution in [2.45, 2.75) is 72.1 Å². The van der Waals surface area contributed by atoms with Crippen LogP contribution >= 0.6 is 0 Å². The minimum atomic E-state index is -0.458. The molecule has 190 valence electrons. The largest absolute Gasteiger partial charge is 0.523 e. The molecule has 0 aliphatic rings. The van der Waals surface area contributed by atoms with E-state index < -0.39 is 5.97 Å². The number of carbonyl (C=O) groups is 1. The van der Waals surface area contributed by atoms with Gasteiger partial charge in [-0.1, -0.05) is 79.7 Å². The molecule has 34 heavy (non-hydrogen) atoms. The number of hydrogen-bond acceptors (Lipinski definition) is 4. The Hall–Kier alpha value is -2.52. The van der Waals surface area contributed by atoms with Crippen LogP contribution in [-0.2, 0) is 36.9 Å². The number of nitrogens with zero attached hydrogens (tertiary/aromatic N) is 1. The number of esters is 1. The second-order valence-electron chi connectivity index (χ2n) is 10.5. The zero-order valence-corrected chi connectivity index (χ0v) is 23.0. The van der Waals surface area contributed by atoms with Crippen LogP contribution in [0.1, 0.15) is 83.6 Å². The Morgan fingerprint density at radius 3 is 2.06 bits per heavy atom. The fourth-order valence-electron chi connectivity index (χ4n) is 3.14. The van der Waals surface area contributed by atoms with E-state index in [2.05, 4.69) is 91.8 Å². The van der Waals surface area contributed by atoms with Gasteiger partial charge in [0.2, 0.25) is 5.97 Å². The minimum absolute atomic E-state index is 0. The molecule has 0 aliphatic heterocycles. The van der Waals surface area contributed by atoms with E-state index in [9.17, 15) is 9.90 Å². The van der Waals surface area contributed by atoms with E-state index in [1.54, 1.807) is 6.21 Å². The topological polar surface area (TPSA) is 58.9 Å². The van der Waals surface area contributed by atoms with Gasteiger partial charge in [-0.15, -0.1) is 5.57 Å². The second kappa shape index (κ2) is 12.8. The number of ether oxygens (including phenoxy) is 1. The molecule has 0 unspecified atom stereocenters. The van der Waals surface area contributed by atoms with Crippen LogP contribution in [0.25, 0.3) is 0 Å². The first kappa shape index (κ1) is 31.5. The predicted octanol–water partition coefficient (Wildman–Crippen LogP) is 7.41. The number of aromatic hydroxyl groups is 1. The standard InChI is InChI=1S/C24H33NO.C5H7O2.Ni/c1-16(2)19-11-9-10-12-21(19)25-15-17-13-18(23(3,4)5)14-20(22(17)26)24(6,7)8;1-4(2)5(6)7-3;/h9-16,26H,1-8H3;1-2H2,3H3;/q;-1;. The fraction of sp³-hybridized carbons (Fsp3) is 0.414. The molecule has 0 aromatic heterocycles. The van der Waals surface area contributed by atoms with Gasteiger partial charge in [0, 0.05) is 33.8 Å². The van der Waals surface area contributed by atoms with Crippen LogP contribution < -0.4 is 0 Å². The van der Waals surface area contributed by atoms with Crippen LogP contribution in [0.15, 0.2) is 53.5 Å². The molecule has 1 N–H and O–H groups in total. The molecule has 0 atom stereocenters. The number of rotatable bonds is 4. The molecule has 2 aromatic carbocycles. The number of carbonyl (C=O) groups excluding carboxylic acids is 1. The van der Waals surface area contributed by atoms with Crippen molar-refractivity contribution in [2.75, 3.05) is 7.11 Å². The van der Waals surface area contributed by atoms with Crippen LogP contribution in [0.2, 0.25) is 0 Å². The van der Waals surface area contributed by atoms with Gasteiger partial charge in [0.15, 0.2) is 0 Å². The van der Waals surface area contributed by atoms with E-state index in [0.29, 0.717) is 11.7 Å². The van der Waals surface area contributed by atoms with E-state index in [1.807, 2.05) is 18.2 Å². The Bertz CT molecular complexity index is 1010. The maximum Gasteiger partial charge on any atom is 0.218 e. The third-order valence-electron chi connectivity index (χ3n) is 5.19. The Morgan fingerprint density at radius 1 is 1.09 bits per heavy atom. The van der Waals surface area contributed by atoms with E-state index in [0.717, 1.165) is 16.8 Å². The average Bonchev–Trinajstić information content (AvgIpc) is 2.71. The molecule has 2 aromatic rings. The van der Waals surface area contributed by atoms with Crippen molar-refractivity contribution in [3.05, 3.63) is 77.7 Å². The summed E-state index contributed by atoms with van der Waals surface area (Å²) >= 11 is 0. The van der Waals surface area contributed by atoms with Crippen LogP contribution in [0, 0.1) is 6.92 Å². The molecule has 0 fully saturated rings. The Morgan fingerprint density at radius 2 is 1.65 bits per heavy atom. The molecular weight excluding hydrogens is 469 g/mol. The van der Waals surface area contributed by atoms with Crippen molar-refractivity contribution < 1.29 is 31.1 Å². The first-order valence-corrected chi connectivity index (χ1v) is 11.2. The maximum atomic E-state index is 10.9. The van der Waals surface area contributed by atoms with Gasteiger partial charge < -0.3 is 14.6 Å². The van der Waals surface area contributed by atoms with Gasteiger partial charge in [0.25, 0.3) is 0 Å². The number of aliphatic imine (C=N–C) groups is 1. The summed E-state index contributed by atoms with van der Waals surface area (Å²) in [6.07, 6.45) is 1.81. The minimum Gasteiger partial charge on any atom is -0.523 e. The monoisotopic (exact) mass is 508 g/mol. The van der Waals surface area contributed by atoms with Gasteiger partial charge in [0.05, 0.1) is 12.8 Å². The van der Waals surface area contributed by atoms with E-state index in [-0.39, 0.29) is 32.9 Å². The second-order valence-corrected chi connectivity index (χ2v) is 10.5. The Balaban J connectivity index is 0.00000119. The summed E-state index contributed by atoms with van der Waals surface area (Å²) in [7, 11) is 1.29. The SMILES string of the molecule is C=C([CH2-])C(=O)OC.CC(C)c1ccccc1N=Cc1cc(C(C)(C)C)cc(C(C)(C)C)c1O.[Ni]. The maximum absolute atomic E-state index is 10.9. The zero-order valence-electron chi connectivity index (χ0n) is 22.1. The third kappa shape index (κ3) is 9.02. The van der Waals surface area contributed by atoms with E-state index in [4.69, 9.17) is 4.99 Å². The quantitative estimate of drug-likeness (QED) is 0.154. The molecule has 0 heterocycles. The molecule has 0 spiro atoms. The summed E-state index contributed by atoms with van der Waals surface area (Å²) in [6, 6.07) is 12.4. The molecular formula is C29H40NNiO3-. The third-order valence-corrected chi connectivity index (χ3v) is 5.19. The summed E-state index contributed by atoms with van der Waals surface area (Å²) in [5.74, 6) is 0.277. The summed E-state index contributed by atoms with van der Waals surface area (Å²) in [5, 5.41) is 10.9. The van der Waals surface area contributed by atoms with Crippen LogP contribution in [0.4, 0.5) is 5.69 Å². The first-order chi connectivity index (χ1) is 15.1. The van der Waals surface area contributed by atoms with Crippen LogP contribution in [-0.4, -0.2) is 24.4 Å². The first-order valence-electron chi connectivity index (χ1n) is 11.2. The number of para-hydroxylation sites is 1. The van der Waals surface area contributed by atoms with E-state index >= 15 is 0 Å². The molecule has 0 bridgehead atoms. The van der Waals surface area contributed by atoms with E-state index in [1.165, 1.54) is 18.2 Å². The van der Waals surface area contributed by atoms with Gasteiger partial charge in [-0.2, -0.15) is 13.5 Å². The number of hydrogen-bond donors (Lipinski definition) is 1. The number of phenols is 1. The Labute approximate surface area is 216 Å². The molecule has 0 radical (unpaired) electrons. The van der Waals surface area contributed by atoms with Crippen LogP contribution in [0.5, 0.6) is 5.75 Å². The normalized spacial score (nSPS) is 11.5. The number of benzene rings is 2. The molecule has 4 nitrogen and oxygen atoms in total. The van der Waals surface area contributed by atoms with Crippen molar-refractivity contribution in [3.63, 3.8) is 0 Å². The van der Waals surface area contributed by atoms with Gasteiger partial charge in [-0.3, -0.25) is 4.99 Å². The summed E-state index contributed by atoms with van der Waals surface area (Å²) in [6.45, 7) is 23.8. The Kier molecular flexibility index (Phi) is 11.9. The van der Waals surface area contributed by atoms with Crippen LogP contribution in [0.3, 0.4) is 0 Å². The summed E-state index contributed by atoms with van der Waals surface area (Å²) in [5.41, 5.74) is 5.17. The molecule has 2 rings (SSSR count). The van der Waals surface area contributed by atoms with Gasteiger partial charge in [-0.25, -0.2) is 0 Å². The molecule has 5 heteroatoms. The smallest absolute Gasteiger partial charge is 0.218 e. The number of methoxy groups -OCH3 is 1. The zero-order chi connectivity index (χ0) is 25.6.